The smallest absolute Gasteiger partial charge is 0.339 e. The molecule has 26 heavy (non-hydrogen) atoms. The van der Waals surface area contributed by atoms with E-state index in [0.29, 0.717) is 34.0 Å². The number of aromatic nitrogens is 2. The van der Waals surface area contributed by atoms with Crippen molar-refractivity contribution < 1.29 is 18.7 Å². The minimum absolute atomic E-state index is 0.141. The van der Waals surface area contributed by atoms with Gasteiger partial charge in [-0.2, -0.15) is 0 Å². The lowest BCUT2D eigenvalue weighted by Gasteiger charge is -2.14. The van der Waals surface area contributed by atoms with Gasteiger partial charge in [-0.15, -0.1) is 0 Å². The van der Waals surface area contributed by atoms with E-state index < -0.39 is 12.0 Å². The zero-order chi connectivity index (χ0) is 19.0. The summed E-state index contributed by atoms with van der Waals surface area (Å²) in [5.74, 6) is -0.00551. The molecule has 0 bridgehead atoms. The van der Waals surface area contributed by atoms with Crippen LogP contribution in [0.15, 0.2) is 22.6 Å². The third-order valence-corrected chi connectivity index (χ3v) is 4.34. The van der Waals surface area contributed by atoms with Crippen molar-refractivity contribution in [3.05, 3.63) is 46.6 Å². The molecule has 7 heteroatoms. The van der Waals surface area contributed by atoms with Gasteiger partial charge in [0.2, 0.25) is 5.78 Å². The Morgan fingerprint density at radius 3 is 2.69 bits per heavy atom. The highest BCUT2D eigenvalue weighted by Gasteiger charge is 2.25. The number of nitrogens with one attached hydrogen (secondary N) is 2. The summed E-state index contributed by atoms with van der Waals surface area (Å²) in [5.41, 5.74) is 4.21. The van der Waals surface area contributed by atoms with Crippen molar-refractivity contribution in [3.8, 4) is 0 Å². The van der Waals surface area contributed by atoms with Gasteiger partial charge in [0.15, 0.2) is 11.5 Å². The Labute approximate surface area is 150 Å². The molecule has 7 nitrogen and oxygen atoms in total. The topological polar surface area (TPSA) is 97.2 Å². The van der Waals surface area contributed by atoms with Crippen molar-refractivity contribution in [1.82, 2.24) is 9.97 Å². The van der Waals surface area contributed by atoms with E-state index in [0.717, 1.165) is 11.2 Å². The lowest BCUT2D eigenvalue weighted by molar-refractivity contribution is 0.0599. The van der Waals surface area contributed by atoms with Gasteiger partial charge in [-0.3, -0.25) is 4.79 Å². The van der Waals surface area contributed by atoms with Gasteiger partial charge in [0.1, 0.15) is 5.52 Å². The van der Waals surface area contributed by atoms with E-state index >= 15 is 0 Å². The second kappa shape index (κ2) is 6.67. The van der Waals surface area contributed by atoms with Crippen molar-refractivity contribution in [3.63, 3.8) is 0 Å². The Morgan fingerprint density at radius 1 is 1.27 bits per heavy atom. The number of H-pyrrole nitrogens is 1. The Morgan fingerprint density at radius 2 is 2.00 bits per heavy atom. The maximum absolute atomic E-state index is 12.8. The van der Waals surface area contributed by atoms with Gasteiger partial charge < -0.3 is 19.5 Å². The number of anilines is 1. The van der Waals surface area contributed by atoms with Crippen molar-refractivity contribution in [1.29, 1.82) is 0 Å². The number of Topliss-reactive ketones (excluding diaryl/α,β-unsaturated/α-hetero) is 1. The van der Waals surface area contributed by atoms with Crippen molar-refractivity contribution in [2.24, 2.45) is 0 Å². The Bertz CT molecular complexity index is 1000. The minimum Gasteiger partial charge on any atom is -0.465 e. The second-order valence-electron chi connectivity index (χ2n) is 6.26. The van der Waals surface area contributed by atoms with Crippen LogP contribution in [-0.4, -0.2) is 34.9 Å². The van der Waals surface area contributed by atoms with Crippen molar-refractivity contribution in [2.45, 2.75) is 33.7 Å². The average molecular weight is 355 g/mol. The van der Waals surface area contributed by atoms with Crippen molar-refractivity contribution in [2.75, 3.05) is 12.4 Å². The number of fused-ring (bicyclic) bond motifs is 1. The van der Waals surface area contributed by atoms with Gasteiger partial charge in [0.25, 0.3) is 0 Å². The van der Waals surface area contributed by atoms with E-state index in [1.165, 1.54) is 7.11 Å². The summed E-state index contributed by atoms with van der Waals surface area (Å²) in [6, 6.07) is 4.99. The van der Waals surface area contributed by atoms with Gasteiger partial charge in [-0.05, 0) is 44.5 Å². The molecule has 0 unspecified atom stereocenters. The number of methoxy groups -OCH3 is 1. The standard InChI is InChI=1S/C19H21N3O4/c1-9-16(19(24)25-5)10(2)21-17(9)18(23)11(3)20-13-6-7-15-14(8-13)22-12(4)26-15/h6-8,11,20-21H,1-5H3/t11-/m0/s1. The minimum atomic E-state index is -0.498. The molecule has 0 radical (unpaired) electrons. The largest absolute Gasteiger partial charge is 0.465 e. The summed E-state index contributed by atoms with van der Waals surface area (Å²) < 4.78 is 10.2. The van der Waals surface area contributed by atoms with E-state index in [-0.39, 0.29) is 5.78 Å². The van der Waals surface area contributed by atoms with Gasteiger partial charge in [-0.25, -0.2) is 9.78 Å². The fraction of sp³-hybridized carbons (Fsp3) is 0.316. The van der Waals surface area contributed by atoms with E-state index in [2.05, 4.69) is 15.3 Å². The maximum Gasteiger partial charge on any atom is 0.339 e. The molecule has 0 amide bonds. The number of rotatable bonds is 5. The summed E-state index contributed by atoms with van der Waals surface area (Å²) in [7, 11) is 1.32. The highest BCUT2D eigenvalue weighted by Crippen LogP contribution is 2.23. The molecule has 1 atom stereocenters. The lowest BCUT2D eigenvalue weighted by atomic mass is 10.0. The Balaban J connectivity index is 1.84. The predicted octanol–water partition coefficient (Wildman–Crippen LogP) is 3.55. The van der Waals surface area contributed by atoms with Gasteiger partial charge in [-0.1, -0.05) is 0 Å². The average Bonchev–Trinajstić information content (AvgIpc) is 3.11. The number of benzene rings is 1. The number of esters is 1. The van der Waals surface area contributed by atoms with Gasteiger partial charge in [0, 0.05) is 18.3 Å². The molecule has 0 aliphatic carbocycles. The molecule has 3 aromatic rings. The van der Waals surface area contributed by atoms with Gasteiger partial charge >= 0.3 is 5.97 Å². The molecule has 0 aliphatic rings. The molecular weight excluding hydrogens is 334 g/mol. The molecule has 0 saturated heterocycles. The number of nitrogens with zero attached hydrogens (tertiary/aromatic N) is 1. The molecule has 3 rings (SSSR count). The fourth-order valence-corrected chi connectivity index (χ4v) is 3.07. The molecule has 0 saturated carbocycles. The predicted molar refractivity (Wildman–Crippen MR) is 97.8 cm³/mol. The third-order valence-electron chi connectivity index (χ3n) is 4.34. The number of hydrogen-bond donors (Lipinski definition) is 2. The van der Waals surface area contributed by atoms with Gasteiger partial charge in [0.05, 0.1) is 24.4 Å². The first-order chi connectivity index (χ1) is 12.3. The molecule has 136 valence electrons. The third kappa shape index (κ3) is 3.08. The summed E-state index contributed by atoms with van der Waals surface area (Å²) in [6.07, 6.45) is 0. The van der Waals surface area contributed by atoms with Crippen LogP contribution in [0, 0.1) is 20.8 Å². The summed E-state index contributed by atoms with van der Waals surface area (Å²) >= 11 is 0. The van der Waals surface area contributed by atoms with Crippen LogP contribution in [0.25, 0.3) is 11.1 Å². The number of oxazole rings is 1. The number of ketones is 1. The SMILES string of the molecule is COC(=O)c1c(C)[nH]c(C(=O)[C@H](C)Nc2ccc3oc(C)nc3c2)c1C. The van der Waals surface area contributed by atoms with E-state index in [4.69, 9.17) is 9.15 Å². The van der Waals surface area contributed by atoms with E-state index in [9.17, 15) is 9.59 Å². The lowest BCUT2D eigenvalue weighted by Crippen LogP contribution is -2.27. The molecule has 0 aliphatic heterocycles. The molecule has 2 N–H and O–H groups in total. The van der Waals surface area contributed by atoms with Crippen LogP contribution in [0.2, 0.25) is 0 Å². The number of hydrogen-bond acceptors (Lipinski definition) is 6. The first kappa shape index (κ1) is 17.7. The molecule has 2 aromatic heterocycles. The normalized spacial score (nSPS) is 12.2. The van der Waals surface area contributed by atoms with Crippen LogP contribution in [0.3, 0.4) is 0 Å². The Hall–Kier alpha value is -3.09. The van der Waals surface area contributed by atoms with Crippen LogP contribution in [0.4, 0.5) is 5.69 Å². The van der Waals surface area contributed by atoms with E-state index in [1.807, 2.05) is 18.2 Å². The number of aryl methyl sites for hydroxylation is 2. The van der Waals surface area contributed by atoms with Crippen LogP contribution in [0.1, 0.15) is 44.9 Å². The molecule has 2 heterocycles. The fourth-order valence-electron chi connectivity index (χ4n) is 3.07. The number of ether oxygens (including phenoxy) is 1. The highest BCUT2D eigenvalue weighted by molar-refractivity contribution is 6.04. The van der Waals surface area contributed by atoms with Crippen LogP contribution in [-0.2, 0) is 4.74 Å². The number of carbonyl (C=O) groups is 2. The zero-order valence-corrected chi connectivity index (χ0v) is 15.4. The molecule has 1 aromatic carbocycles. The van der Waals surface area contributed by atoms with Crippen molar-refractivity contribution >= 4 is 28.5 Å². The van der Waals surface area contributed by atoms with E-state index in [1.54, 1.807) is 27.7 Å². The first-order valence-electron chi connectivity index (χ1n) is 8.27. The highest BCUT2D eigenvalue weighted by atomic mass is 16.5. The summed E-state index contributed by atoms with van der Waals surface area (Å²) in [5, 5.41) is 3.17. The van der Waals surface area contributed by atoms with Crippen LogP contribution >= 0.6 is 0 Å². The maximum atomic E-state index is 12.8. The Kier molecular flexibility index (Phi) is 4.54. The number of carbonyl (C=O) groups excluding carboxylic acids is 2. The van der Waals surface area contributed by atoms with Crippen LogP contribution in [0.5, 0.6) is 0 Å². The monoisotopic (exact) mass is 355 g/mol. The molecule has 0 spiro atoms. The summed E-state index contributed by atoms with van der Waals surface area (Å²) in [4.78, 5) is 32.0. The summed E-state index contributed by atoms with van der Waals surface area (Å²) in [6.45, 7) is 7.04. The number of aromatic amines is 1. The quantitative estimate of drug-likeness (QED) is 0.536. The zero-order valence-electron chi connectivity index (χ0n) is 15.4. The molecule has 0 fully saturated rings. The molecular formula is C19H21N3O4. The second-order valence-corrected chi connectivity index (χ2v) is 6.26. The van der Waals surface area contributed by atoms with Crippen LogP contribution < -0.4 is 5.32 Å². The first-order valence-corrected chi connectivity index (χ1v) is 8.27.